The van der Waals surface area contributed by atoms with E-state index in [-0.39, 0.29) is 11.8 Å². The highest BCUT2D eigenvalue weighted by molar-refractivity contribution is 7.15. The van der Waals surface area contributed by atoms with Gasteiger partial charge < -0.3 is 5.32 Å². The zero-order valence-electron chi connectivity index (χ0n) is 16.1. The van der Waals surface area contributed by atoms with Gasteiger partial charge in [-0.25, -0.2) is 14.6 Å². The van der Waals surface area contributed by atoms with Gasteiger partial charge in [-0.1, -0.05) is 25.1 Å². The molecule has 154 valence electrons. The van der Waals surface area contributed by atoms with E-state index in [4.69, 9.17) is 0 Å². The summed E-state index contributed by atoms with van der Waals surface area (Å²) in [5.41, 5.74) is -0.146. The highest BCUT2D eigenvalue weighted by Gasteiger charge is 2.30. The number of amides is 1. The molecular formula is C19H20F3N5OS. The summed E-state index contributed by atoms with van der Waals surface area (Å²) < 4.78 is 40.2. The average molecular weight is 423 g/mol. The molecule has 1 aromatic carbocycles. The van der Waals surface area contributed by atoms with Crippen molar-refractivity contribution in [3.8, 4) is 0 Å². The summed E-state index contributed by atoms with van der Waals surface area (Å²) in [6.07, 6.45) is -2.50. The van der Waals surface area contributed by atoms with Gasteiger partial charge in [-0.3, -0.25) is 4.79 Å². The summed E-state index contributed by atoms with van der Waals surface area (Å²) in [7, 11) is 0. The molecule has 2 heterocycles. The maximum absolute atomic E-state index is 12.8. The second-order valence-corrected chi connectivity index (χ2v) is 7.90. The van der Waals surface area contributed by atoms with Crippen molar-refractivity contribution in [3.63, 3.8) is 0 Å². The number of rotatable bonds is 6. The molecule has 1 N–H and O–H groups in total. The molecule has 1 atom stereocenters. The lowest BCUT2D eigenvalue weighted by atomic mass is 10.1. The number of thiazole rings is 1. The highest BCUT2D eigenvalue weighted by atomic mass is 32.1. The fraction of sp³-hybridized carbons (Fsp3) is 0.368. The van der Waals surface area contributed by atoms with Crippen LogP contribution in [0.25, 0.3) is 0 Å². The minimum atomic E-state index is -4.38. The molecule has 1 amide bonds. The van der Waals surface area contributed by atoms with Crippen molar-refractivity contribution in [1.82, 2.24) is 19.7 Å². The average Bonchev–Trinajstić information content (AvgIpc) is 3.20. The second kappa shape index (κ2) is 8.32. The first-order chi connectivity index (χ1) is 13.6. The summed E-state index contributed by atoms with van der Waals surface area (Å²) in [5.74, 6) is 0.817. The van der Waals surface area contributed by atoms with Gasteiger partial charge in [0.25, 0.3) is 0 Å². The number of aryl methyl sites for hydroxylation is 2. The van der Waals surface area contributed by atoms with E-state index in [1.807, 2.05) is 6.92 Å². The van der Waals surface area contributed by atoms with Crippen LogP contribution in [0.4, 0.5) is 18.3 Å². The van der Waals surface area contributed by atoms with Crippen LogP contribution in [0.1, 0.15) is 34.6 Å². The lowest BCUT2D eigenvalue weighted by Gasteiger charge is -2.11. The molecule has 0 spiro atoms. The number of anilines is 1. The van der Waals surface area contributed by atoms with Gasteiger partial charge in [0.15, 0.2) is 5.13 Å². The number of nitrogens with one attached hydrogen (secondary N) is 1. The minimum Gasteiger partial charge on any atom is -0.302 e. The molecule has 0 fully saturated rings. The maximum atomic E-state index is 12.8. The SMILES string of the molecule is Cc1nc(C)n(C[C@@H](C)C(=O)Nc2ncc(Cc3cccc(C(F)(F)F)c3)s2)n1. The van der Waals surface area contributed by atoms with Gasteiger partial charge in [0.2, 0.25) is 5.91 Å². The predicted octanol–water partition coefficient (Wildman–Crippen LogP) is 4.24. The minimum absolute atomic E-state index is 0.211. The zero-order chi connectivity index (χ0) is 21.2. The van der Waals surface area contributed by atoms with E-state index in [0.29, 0.717) is 29.5 Å². The van der Waals surface area contributed by atoms with Crippen molar-refractivity contribution >= 4 is 22.4 Å². The molecule has 6 nitrogen and oxygen atoms in total. The fourth-order valence-corrected chi connectivity index (χ4v) is 3.66. The topological polar surface area (TPSA) is 72.7 Å². The zero-order valence-corrected chi connectivity index (χ0v) is 16.9. The van der Waals surface area contributed by atoms with Gasteiger partial charge in [0.05, 0.1) is 18.0 Å². The Labute approximate surface area is 169 Å². The number of benzene rings is 1. The third-order valence-electron chi connectivity index (χ3n) is 4.27. The number of aromatic nitrogens is 4. The molecule has 3 rings (SSSR count). The number of halogens is 3. The molecule has 0 unspecified atom stereocenters. The Kier molecular flexibility index (Phi) is 6.02. The fourth-order valence-electron chi connectivity index (χ4n) is 2.81. The van der Waals surface area contributed by atoms with Gasteiger partial charge in [-0.05, 0) is 25.5 Å². The van der Waals surface area contributed by atoms with Crippen LogP contribution in [0.2, 0.25) is 0 Å². The van der Waals surface area contributed by atoms with Crippen LogP contribution in [0.5, 0.6) is 0 Å². The number of hydrogen-bond acceptors (Lipinski definition) is 5. The molecule has 3 aromatic rings. The van der Waals surface area contributed by atoms with Crippen molar-refractivity contribution < 1.29 is 18.0 Å². The molecule has 0 aliphatic rings. The maximum Gasteiger partial charge on any atom is 0.416 e. The van der Waals surface area contributed by atoms with Crippen molar-refractivity contribution in [1.29, 1.82) is 0 Å². The normalized spacial score (nSPS) is 12.8. The third-order valence-corrected chi connectivity index (χ3v) is 5.19. The summed E-state index contributed by atoms with van der Waals surface area (Å²) in [6.45, 7) is 5.78. The number of hydrogen-bond donors (Lipinski definition) is 1. The van der Waals surface area contributed by atoms with Gasteiger partial charge in [-0.2, -0.15) is 18.3 Å². The standard InChI is InChI=1S/C19H20F3N5OS/c1-11(10-27-13(3)24-12(2)26-27)17(28)25-18-23-9-16(29-18)8-14-5-4-6-15(7-14)19(20,21)22/h4-7,9,11H,8,10H2,1-3H3,(H,23,25,28)/t11-/m1/s1. The highest BCUT2D eigenvalue weighted by Crippen LogP contribution is 2.30. The molecule has 10 heteroatoms. The van der Waals surface area contributed by atoms with E-state index in [2.05, 4.69) is 20.4 Å². The second-order valence-electron chi connectivity index (χ2n) is 6.79. The lowest BCUT2D eigenvalue weighted by molar-refractivity contribution is -0.137. The molecule has 2 aromatic heterocycles. The van der Waals surface area contributed by atoms with E-state index >= 15 is 0 Å². The first kappa shape index (κ1) is 21.0. The quantitative estimate of drug-likeness (QED) is 0.644. The smallest absolute Gasteiger partial charge is 0.302 e. The van der Waals surface area contributed by atoms with Gasteiger partial charge >= 0.3 is 6.18 Å². The Bertz CT molecular complexity index is 1010. The van der Waals surface area contributed by atoms with Crippen molar-refractivity contribution in [2.75, 3.05) is 5.32 Å². The Morgan fingerprint density at radius 1 is 1.31 bits per heavy atom. The Hall–Kier alpha value is -2.75. The van der Waals surface area contributed by atoms with Crippen LogP contribution in [0, 0.1) is 19.8 Å². The number of alkyl halides is 3. The summed E-state index contributed by atoms with van der Waals surface area (Å²) in [5, 5.41) is 7.42. The molecule has 0 radical (unpaired) electrons. The van der Waals surface area contributed by atoms with E-state index < -0.39 is 11.7 Å². The van der Waals surface area contributed by atoms with Crippen molar-refractivity contribution in [2.24, 2.45) is 5.92 Å². The Balaban J connectivity index is 1.61. The molecule has 29 heavy (non-hydrogen) atoms. The van der Waals surface area contributed by atoms with Crippen molar-refractivity contribution in [2.45, 2.75) is 39.9 Å². The number of nitrogens with zero attached hydrogens (tertiary/aromatic N) is 4. The molecule has 0 aliphatic heterocycles. The molecule has 0 bridgehead atoms. The van der Waals surface area contributed by atoms with Crippen LogP contribution in [0.15, 0.2) is 30.5 Å². The van der Waals surface area contributed by atoms with E-state index in [0.717, 1.165) is 22.8 Å². The van der Waals surface area contributed by atoms with E-state index in [1.54, 1.807) is 30.8 Å². The van der Waals surface area contributed by atoms with Crippen LogP contribution in [-0.4, -0.2) is 25.7 Å². The first-order valence-electron chi connectivity index (χ1n) is 8.91. The van der Waals surface area contributed by atoms with Gasteiger partial charge in [-0.15, -0.1) is 11.3 Å². The summed E-state index contributed by atoms with van der Waals surface area (Å²) >= 11 is 1.24. The van der Waals surface area contributed by atoms with Crippen LogP contribution in [0.3, 0.4) is 0 Å². The monoisotopic (exact) mass is 423 g/mol. The number of carbonyl (C=O) groups is 1. The van der Waals surface area contributed by atoms with Crippen molar-refractivity contribution in [3.05, 3.63) is 58.1 Å². The van der Waals surface area contributed by atoms with E-state index in [1.165, 1.54) is 17.4 Å². The summed E-state index contributed by atoms with van der Waals surface area (Å²) in [6, 6.07) is 5.19. The summed E-state index contributed by atoms with van der Waals surface area (Å²) in [4.78, 5) is 21.6. The molecule has 0 aliphatic carbocycles. The van der Waals surface area contributed by atoms with Gasteiger partial charge in [0.1, 0.15) is 11.6 Å². The lowest BCUT2D eigenvalue weighted by Crippen LogP contribution is -2.25. The van der Waals surface area contributed by atoms with E-state index in [9.17, 15) is 18.0 Å². The molecule has 0 saturated heterocycles. The predicted molar refractivity (Wildman–Crippen MR) is 104 cm³/mol. The Morgan fingerprint density at radius 2 is 2.07 bits per heavy atom. The van der Waals surface area contributed by atoms with Crippen LogP contribution >= 0.6 is 11.3 Å². The van der Waals surface area contributed by atoms with Crippen LogP contribution < -0.4 is 5.32 Å². The largest absolute Gasteiger partial charge is 0.416 e. The molecule has 0 saturated carbocycles. The van der Waals surface area contributed by atoms with Gasteiger partial charge in [0, 0.05) is 17.5 Å². The number of carbonyl (C=O) groups excluding carboxylic acids is 1. The molecular weight excluding hydrogens is 403 g/mol. The van der Waals surface area contributed by atoms with Crippen LogP contribution in [-0.2, 0) is 23.9 Å². The third kappa shape index (κ3) is 5.41. The first-order valence-corrected chi connectivity index (χ1v) is 9.73. The Morgan fingerprint density at radius 3 is 2.72 bits per heavy atom.